The number of hydrogen-bond donors (Lipinski definition) is 0. The van der Waals surface area contributed by atoms with Crippen LogP contribution in [0.1, 0.15) is 0 Å². The van der Waals surface area contributed by atoms with E-state index in [1.165, 1.54) is 0 Å². The zero-order chi connectivity index (χ0) is 4.12. The molecule has 0 heterocycles. The first-order valence-corrected chi connectivity index (χ1v) is 4.39. The molecular weight excluding hydrogens is 83.1 g/mol. The third-order valence-corrected chi connectivity index (χ3v) is 1.46. The molecule has 0 spiro atoms. The van der Waals surface area contributed by atoms with Crippen LogP contribution < -0.4 is 0 Å². The van der Waals surface area contributed by atoms with Crippen molar-refractivity contribution in [3.63, 3.8) is 0 Å². The first-order valence-electron chi connectivity index (χ1n) is 1.97. The van der Waals surface area contributed by atoms with Gasteiger partial charge in [0.25, 0.3) is 0 Å². The fourth-order valence-corrected chi connectivity index (χ4v) is 0.401. The highest BCUT2D eigenvalue weighted by atomic mass is 28.2. The number of alkyl halides is 1. The molecule has 0 aliphatic rings. The summed E-state index contributed by atoms with van der Waals surface area (Å²) in [5, 5.41) is 0. The summed E-state index contributed by atoms with van der Waals surface area (Å²) in [7, 11) is 0.0390. The Kier molecular flexibility index (Phi) is 4.27. The maximum atomic E-state index is 11.0. The van der Waals surface area contributed by atoms with Crippen molar-refractivity contribution in [1.82, 2.24) is 0 Å². The van der Waals surface area contributed by atoms with Crippen LogP contribution in [0.15, 0.2) is 0 Å². The van der Waals surface area contributed by atoms with Gasteiger partial charge in [0.1, 0.15) is 0 Å². The van der Waals surface area contributed by atoms with E-state index >= 15 is 0 Å². The van der Waals surface area contributed by atoms with Gasteiger partial charge >= 0.3 is 0 Å². The molecule has 0 rings (SSSR count). The van der Waals surface area contributed by atoms with Crippen molar-refractivity contribution in [2.75, 3.05) is 6.67 Å². The highest BCUT2D eigenvalue weighted by Gasteiger charge is 1.72. The second-order valence-electron chi connectivity index (χ2n) is 1.04. The van der Waals surface area contributed by atoms with Crippen LogP contribution in [0.25, 0.3) is 0 Å². The van der Waals surface area contributed by atoms with Crippen molar-refractivity contribution in [2.24, 2.45) is 0 Å². The Balaban J connectivity index is 2.19. The van der Waals surface area contributed by atoms with Gasteiger partial charge in [-0.3, -0.25) is 4.39 Å². The molecule has 0 saturated carbocycles. The van der Waals surface area contributed by atoms with Crippen LogP contribution in [0.5, 0.6) is 0 Å². The smallest absolute Gasteiger partial charge is 0.0865 e. The lowest BCUT2D eigenvalue weighted by molar-refractivity contribution is 0.526. The van der Waals surface area contributed by atoms with Gasteiger partial charge in [-0.15, -0.1) is 0 Å². The van der Waals surface area contributed by atoms with Gasteiger partial charge in [-0.1, -0.05) is 6.55 Å². The first-order chi connectivity index (χ1) is 2.41. The summed E-state index contributed by atoms with van der Waals surface area (Å²) in [6, 6.07) is 0.861. The monoisotopic (exact) mass is 92.0 g/mol. The minimum atomic E-state index is -0.0945. The highest BCUT2D eigenvalue weighted by molar-refractivity contribution is 6.33. The standard InChI is InChI=1S/C3H9FSi/c1-5-3-2-4/h2-3,5H2,1H3. The predicted octanol–water partition coefficient (Wildman–Crippen LogP) is 0.591. The molecular formula is C3H9FSi. The van der Waals surface area contributed by atoms with Gasteiger partial charge in [0, 0.05) is 9.52 Å². The second kappa shape index (κ2) is 4.15. The fourth-order valence-electron chi connectivity index (χ4n) is 0.134. The summed E-state index contributed by atoms with van der Waals surface area (Å²) in [4.78, 5) is 0. The van der Waals surface area contributed by atoms with Crippen LogP contribution in [-0.4, -0.2) is 16.2 Å². The van der Waals surface area contributed by atoms with Gasteiger partial charge in [0.2, 0.25) is 0 Å². The first kappa shape index (κ1) is 5.15. The van der Waals surface area contributed by atoms with Crippen molar-refractivity contribution in [1.29, 1.82) is 0 Å². The molecule has 0 aromatic heterocycles. The van der Waals surface area contributed by atoms with Crippen molar-refractivity contribution in [2.45, 2.75) is 12.6 Å². The Labute approximate surface area is 34.2 Å². The molecule has 0 aromatic carbocycles. The second-order valence-corrected chi connectivity index (χ2v) is 2.75. The van der Waals surface area contributed by atoms with Crippen molar-refractivity contribution < 1.29 is 4.39 Å². The third kappa shape index (κ3) is 4.15. The zero-order valence-corrected chi connectivity index (χ0v) is 4.91. The summed E-state index contributed by atoms with van der Waals surface area (Å²) in [6.07, 6.45) is 0. The minimum absolute atomic E-state index is 0.0390. The molecule has 0 N–H and O–H groups in total. The van der Waals surface area contributed by atoms with Gasteiger partial charge in [-0.05, 0) is 6.04 Å². The lowest BCUT2D eigenvalue weighted by Crippen LogP contribution is -1.78. The average Bonchev–Trinajstić information content (AvgIpc) is 1.41. The topological polar surface area (TPSA) is 0 Å². The summed E-state index contributed by atoms with van der Waals surface area (Å²) < 4.78 is 11.0. The molecule has 0 radical (unpaired) electrons. The van der Waals surface area contributed by atoms with Gasteiger partial charge in [0.05, 0.1) is 6.67 Å². The van der Waals surface area contributed by atoms with Crippen LogP contribution >= 0.6 is 0 Å². The summed E-state index contributed by atoms with van der Waals surface area (Å²) in [6.45, 7) is 2.02. The number of rotatable bonds is 2. The van der Waals surface area contributed by atoms with Crippen molar-refractivity contribution in [3.8, 4) is 0 Å². The maximum absolute atomic E-state index is 11.0. The molecule has 0 nitrogen and oxygen atoms in total. The Morgan fingerprint density at radius 3 is 2.40 bits per heavy atom. The molecule has 2 heteroatoms. The van der Waals surface area contributed by atoms with E-state index in [1.807, 2.05) is 0 Å². The largest absolute Gasteiger partial charge is 0.251 e. The van der Waals surface area contributed by atoms with E-state index in [4.69, 9.17) is 0 Å². The quantitative estimate of drug-likeness (QED) is 0.437. The molecule has 0 aromatic rings. The van der Waals surface area contributed by atoms with Crippen molar-refractivity contribution >= 4 is 9.52 Å². The number of hydrogen-bond acceptors (Lipinski definition) is 0. The van der Waals surface area contributed by atoms with Gasteiger partial charge in [0.15, 0.2) is 0 Å². The highest BCUT2D eigenvalue weighted by Crippen LogP contribution is 1.74. The van der Waals surface area contributed by atoms with E-state index in [0.29, 0.717) is 0 Å². The van der Waals surface area contributed by atoms with Crippen LogP contribution in [0.4, 0.5) is 4.39 Å². The molecule has 0 saturated heterocycles. The van der Waals surface area contributed by atoms with Crippen LogP contribution in [0.2, 0.25) is 12.6 Å². The van der Waals surface area contributed by atoms with E-state index in [-0.39, 0.29) is 16.2 Å². The molecule has 0 aliphatic carbocycles. The Hall–Kier alpha value is 0.147. The van der Waals surface area contributed by atoms with E-state index in [1.54, 1.807) is 0 Å². The number of halogens is 1. The molecule has 32 valence electrons. The predicted molar refractivity (Wildman–Crippen MR) is 25.2 cm³/mol. The molecule has 5 heavy (non-hydrogen) atoms. The zero-order valence-electron chi connectivity index (χ0n) is 3.50. The molecule has 0 aliphatic heterocycles. The molecule has 0 unspecified atom stereocenters. The van der Waals surface area contributed by atoms with E-state index < -0.39 is 0 Å². The van der Waals surface area contributed by atoms with Gasteiger partial charge in [-0.2, -0.15) is 0 Å². The molecule has 0 atom stereocenters. The van der Waals surface area contributed by atoms with E-state index in [2.05, 4.69) is 6.55 Å². The summed E-state index contributed by atoms with van der Waals surface area (Å²) >= 11 is 0. The summed E-state index contributed by atoms with van der Waals surface area (Å²) in [5.41, 5.74) is 0. The minimum Gasteiger partial charge on any atom is -0.251 e. The fraction of sp³-hybridized carbons (Fsp3) is 1.00. The van der Waals surface area contributed by atoms with E-state index in [9.17, 15) is 4.39 Å². The molecule has 0 fully saturated rings. The van der Waals surface area contributed by atoms with Crippen LogP contribution in [0, 0.1) is 0 Å². The lowest BCUT2D eigenvalue weighted by Gasteiger charge is -1.75. The summed E-state index contributed by atoms with van der Waals surface area (Å²) in [5.74, 6) is 0. The molecule has 0 bridgehead atoms. The van der Waals surface area contributed by atoms with E-state index in [0.717, 1.165) is 6.04 Å². The lowest BCUT2D eigenvalue weighted by atomic mass is 10.9. The van der Waals surface area contributed by atoms with Crippen molar-refractivity contribution in [3.05, 3.63) is 0 Å². The molecule has 0 amide bonds. The van der Waals surface area contributed by atoms with Crippen LogP contribution in [-0.2, 0) is 0 Å². The maximum Gasteiger partial charge on any atom is 0.0865 e. The Morgan fingerprint density at radius 1 is 1.80 bits per heavy atom. The Morgan fingerprint density at radius 2 is 2.40 bits per heavy atom. The Bertz CT molecular complexity index is 14.4. The van der Waals surface area contributed by atoms with Gasteiger partial charge < -0.3 is 0 Å². The third-order valence-electron chi connectivity index (χ3n) is 0.487. The SMILES string of the molecule is C[SiH2]CCF. The van der Waals surface area contributed by atoms with Crippen LogP contribution in [0.3, 0.4) is 0 Å². The van der Waals surface area contributed by atoms with Gasteiger partial charge in [-0.25, -0.2) is 0 Å². The normalized spacial score (nSPS) is 10.8. The average molecular weight is 92.2 g/mol.